The van der Waals surface area contributed by atoms with Crippen molar-refractivity contribution in [2.75, 3.05) is 0 Å². The monoisotopic (exact) mass is 257 g/mol. The Morgan fingerprint density at radius 1 is 1.42 bits per heavy atom. The molecule has 0 aromatic carbocycles. The van der Waals surface area contributed by atoms with E-state index in [0.717, 1.165) is 18.8 Å². The molecule has 0 saturated heterocycles. The second kappa shape index (κ2) is 6.36. The van der Waals surface area contributed by atoms with E-state index in [1.807, 2.05) is 0 Å². The Morgan fingerprint density at radius 3 is 2.95 bits per heavy atom. The second-order valence-electron chi connectivity index (χ2n) is 6.20. The van der Waals surface area contributed by atoms with E-state index in [0.29, 0.717) is 0 Å². The van der Waals surface area contributed by atoms with Gasteiger partial charge in [0.05, 0.1) is 0 Å². The van der Waals surface area contributed by atoms with Gasteiger partial charge in [-0.15, -0.1) is 0 Å². The Morgan fingerprint density at radius 2 is 2.21 bits per heavy atom. The van der Waals surface area contributed by atoms with Crippen LogP contribution in [-0.2, 0) is 19.3 Å². The van der Waals surface area contributed by atoms with Crippen LogP contribution in [-0.4, -0.2) is 4.98 Å². The largest absolute Gasteiger partial charge is 0.261 e. The molecule has 0 radical (unpaired) electrons. The van der Waals surface area contributed by atoms with Crippen molar-refractivity contribution < 1.29 is 0 Å². The third-order valence-corrected chi connectivity index (χ3v) is 4.32. The van der Waals surface area contributed by atoms with Gasteiger partial charge in [-0.25, -0.2) is 0 Å². The van der Waals surface area contributed by atoms with Crippen molar-refractivity contribution in [2.45, 2.75) is 65.7 Å². The number of hydrogen-bond donors (Lipinski definition) is 0. The fourth-order valence-electron chi connectivity index (χ4n) is 3.37. The quantitative estimate of drug-likeness (QED) is 0.667. The Balaban J connectivity index is 2.07. The van der Waals surface area contributed by atoms with Crippen molar-refractivity contribution in [1.29, 1.82) is 0 Å². The molecule has 0 amide bonds. The van der Waals surface area contributed by atoms with Gasteiger partial charge in [-0.3, -0.25) is 4.98 Å². The summed E-state index contributed by atoms with van der Waals surface area (Å²) in [7, 11) is 0. The summed E-state index contributed by atoms with van der Waals surface area (Å²) in [5, 5.41) is 0. The Kier molecular flexibility index (Phi) is 4.79. The molecule has 19 heavy (non-hydrogen) atoms. The van der Waals surface area contributed by atoms with Gasteiger partial charge in [-0.05, 0) is 61.6 Å². The van der Waals surface area contributed by atoms with Gasteiger partial charge in [0.15, 0.2) is 0 Å². The summed E-state index contributed by atoms with van der Waals surface area (Å²) < 4.78 is 0. The summed E-state index contributed by atoms with van der Waals surface area (Å²) in [5.41, 5.74) is 7.13. The van der Waals surface area contributed by atoms with E-state index in [1.54, 1.807) is 5.56 Å². The Bertz CT molecular complexity index is 459. The van der Waals surface area contributed by atoms with Gasteiger partial charge in [0.1, 0.15) is 0 Å². The molecule has 104 valence electrons. The summed E-state index contributed by atoms with van der Waals surface area (Å²) in [4.78, 5) is 4.58. The van der Waals surface area contributed by atoms with Crippen molar-refractivity contribution in [3.05, 3.63) is 40.7 Å². The predicted octanol–water partition coefficient (Wildman–Crippen LogP) is 4.80. The summed E-state index contributed by atoms with van der Waals surface area (Å²) in [6.07, 6.45) is 10.6. The lowest BCUT2D eigenvalue weighted by Crippen LogP contribution is -2.04. The zero-order valence-corrected chi connectivity index (χ0v) is 12.8. The van der Waals surface area contributed by atoms with Crippen LogP contribution in [0.5, 0.6) is 0 Å². The first kappa shape index (κ1) is 14.3. The van der Waals surface area contributed by atoms with E-state index in [2.05, 4.69) is 38.5 Å². The zero-order chi connectivity index (χ0) is 13.8. The van der Waals surface area contributed by atoms with Crippen molar-refractivity contribution in [2.24, 2.45) is 5.92 Å². The van der Waals surface area contributed by atoms with Crippen molar-refractivity contribution >= 4 is 0 Å². The first-order valence-corrected chi connectivity index (χ1v) is 7.74. The summed E-state index contributed by atoms with van der Waals surface area (Å²) in [5.74, 6) is 0.766. The standard InChI is InChI=1S/C18H27N/c1-5-7-13(2)10-14(3)11-18-15(4)19-12-16-8-6-9-17(16)18/h12-13H,3,5-11H2,1-2,4H3. The highest BCUT2D eigenvalue weighted by Gasteiger charge is 2.18. The lowest BCUT2D eigenvalue weighted by molar-refractivity contribution is 0.516. The van der Waals surface area contributed by atoms with Gasteiger partial charge in [0.25, 0.3) is 0 Å². The maximum Gasteiger partial charge on any atom is 0.0410 e. The molecule has 1 aliphatic carbocycles. The van der Waals surface area contributed by atoms with Crippen LogP contribution in [0.1, 0.15) is 61.9 Å². The minimum absolute atomic E-state index is 0.766. The molecule has 0 aliphatic heterocycles. The summed E-state index contributed by atoms with van der Waals surface area (Å²) in [6, 6.07) is 0. The fourth-order valence-corrected chi connectivity index (χ4v) is 3.37. The normalized spacial score (nSPS) is 15.3. The molecular weight excluding hydrogens is 230 g/mol. The molecule has 0 saturated carbocycles. The molecule has 1 heterocycles. The fraction of sp³-hybridized carbons (Fsp3) is 0.611. The smallest absolute Gasteiger partial charge is 0.0410 e. The summed E-state index contributed by atoms with van der Waals surface area (Å²) in [6.45, 7) is 11.1. The highest BCUT2D eigenvalue weighted by molar-refractivity contribution is 5.41. The van der Waals surface area contributed by atoms with E-state index in [1.165, 1.54) is 54.5 Å². The number of allylic oxidation sites excluding steroid dienone is 1. The van der Waals surface area contributed by atoms with Gasteiger partial charge in [0.2, 0.25) is 0 Å². The second-order valence-corrected chi connectivity index (χ2v) is 6.20. The number of aromatic nitrogens is 1. The van der Waals surface area contributed by atoms with E-state index >= 15 is 0 Å². The molecule has 1 nitrogen and oxygen atoms in total. The van der Waals surface area contributed by atoms with E-state index < -0.39 is 0 Å². The minimum Gasteiger partial charge on any atom is -0.261 e. The van der Waals surface area contributed by atoms with E-state index in [9.17, 15) is 0 Å². The lowest BCUT2D eigenvalue weighted by atomic mass is 9.91. The van der Waals surface area contributed by atoms with Crippen LogP contribution in [0.4, 0.5) is 0 Å². The van der Waals surface area contributed by atoms with Crippen LogP contribution >= 0.6 is 0 Å². The average Bonchev–Trinajstić information content (AvgIpc) is 2.81. The number of rotatable bonds is 6. The first-order valence-electron chi connectivity index (χ1n) is 7.74. The average molecular weight is 257 g/mol. The van der Waals surface area contributed by atoms with Crippen LogP contribution < -0.4 is 0 Å². The number of pyridine rings is 1. The molecule has 1 unspecified atom stereocenters. The van der Waals surface area contributed by atoms with Gasteiger partial charge >= 0.3 is 0 Å². The Hall–Kier alpha value is -1.11. The lowest BCUT2D eigenvalue weighted by Gasteiger charge is -2.16. The van der Waals surface area contributed by atoms with Crippen LogP contribution in [0.2, 0.25) is 0 Å². The molecule has 1 heteroatoms. The molecule has 1 aromatic rings. The zero-order valence-electron chi connectivity index (χ0n) is 12.8. The Labute approximate surface area is 118 Å². The molecule has 1 atom stereocenters. The SMILES string of the molecule is C=C(Cc1c(C)ncc2c1CCC2)CC(C)CCC. The van der Waals surface area contributed by atoms with Crippen LogP contribution in [0, 0.1) is 12.8 Å². The highest BCUT2D eigenvalue weighted by Crippen LogP contribution is 2.29. The molecule has 0 fully saturated rings. The molecular formula is C18H27N. The first-order chi connectivity index (χ1) is 9.11. The molecule has 0 bridgehead atoms. The van der Waals surface area contributed by atoms with Crippen molar-refractivity contribution in [1.82, 2.24) is 4.98 Å². The summed E-state index contributed by atoms with van der Waals surface area (Å²) >= 11 is 0. The molecule has 2 rings (SSSR count). The van der Waals surface area contributed by atoms with E-state index in [-0.39, 0.29) is 0 Å². The molecule has 1 aliphatic rings. The number of aryl methyl sites for hydroxylation is 2. The molecule has 1 aromatic heterocycles. The van der Waals surface area contributed by atoms with Crippen LogP contribution in [0.25, 0.3) is 0 Å². The van der Waals surface area contributed by atoms with Gasteiger partial charge < -0.3 is 0 Å². The predicted molar refractivity (Wildman–Crippen MR) is 82.5 cm³/mol. The van der Waals surface area contributed by atoms with Gasteiger partial charge in [-0.1, -0.05) is 38.8 Å². The van der Waals surface area contributed by atoms with E-state index in [4.69, 9.17) is 0 Å². The highest BCUT2D eigenvalue weighted by atomic mass is 14.7. The number of fused-ring (bicyclic) bond motifs is 1. The van der Waals surface area contributed by atoms with Crippen molar-refractivity contribution in [3.8, 4) is 0 Å². The topological polar surface area (TPSA) is 12.9 Å². The van der Waals surface area contributed by atoms with Crippen molar-refractivity contribution in [3.63, 3.8) is 0 Å². The maximum absolute atomic E-state index is 4.58. The third-order valence-electron chi connectivity index (χ3n) is 4.32. The van der Waals surface area contributed by atoms with Gasteiger partial charge in [0, 0.05) is 11.9 Å². The third kappa shape index (κ3) is 3.46. The number of hydrogen-bond acceptors (Lipinski definition) is 1. The minimum atomic E-state index is 0.766. The maximum atomic E-state index is 4.58. The number of nitrogens with zero attached hydrogens (tertiary/aromatic N) is 1. The van der Waals surface area contributed by atoms with Gasteiger partial charge in [-0.2, -0.15) is 0 Å². The van der Waals surface area contributed by atoms with Crippen LogP contribution in [0.15, 0.2) is 18.3 Å². The molecule has 0 N–H and O–H groups in total. The molecule has 0 spiro atoms. The van der Waals surface area contributed by atoms with Crippen LogP contribution in [0.3, 0.4) is 0 Å².